The molecule has 5 heteroatoms. The summed E-state index contributed by atoms with van der Waals surface area (Å²) in [6.45, 7) is 1.59. The van der Waals surface area contributed by atoms with E-state index in [9.17, 15) is 8.78 Å². The highest BCUT2D eigenvalue weighted by molar-refractivity contribution is 9.08. The molecule has 0 saturated heterocycles. The van der Waals surface area contributed by atoms with Crippen molar-refractivity contribution >= 4 is 15.9 Å². The average Bonchev–Trinajstić information content (AvgIpc) is 2.16. The molecule has 0 amide bonds. The van der Waals surface area contributed by atoms with Crippen LogP contribution in [0.15, 0.2) is 6.07 Å². The first-order chi connectivity index (χ1) is 6.60. The summed E-state index contributed by atoms with van der Waals surface area (Å²) in [5.41, 5.74) is 0.651. The molecule has 0 aliphatic carbocycles. The highest BCUT2D eigenvalue weighted by Gasteiger charge is 2.17. The van der Waals surface area contributed by atoms with E-state index in [1.165, 1.54) is 6.07 Å². The number of halogens is 3. The molecule has 0 aliphatic heterocycles. The summed E-state index contributed by atoms with van der Waals surface area (Å²) >= 11 is 3.07. The van der Waals surface area contributed by atoms with Gasteiger partial charge in [-0.3, -0.25) is 0 Å². The van der Waals surface area contributed by atoms with Crippen molar-refractivity contribution in [2.24, 2.45) is 0 Å². The van der Waals surface area contributed by atoms with Crippen molar-refractivity contribution in [2.45, 2.75) is 18.7 Å². The monoisotopic (exact) mass is 260 g/mol. The van der Waals surface area contributed by atoms with Gasteiger partial charge in [-0.25, -0.2) is 13.8 Å². The minimum atomic E-state index is -2.57. The second-order valence-electron chi connectivity index (χ2n) is 2.73. The van der Waals surface area contributed by atoms with Gasteiger partial charge in [0.15, 0.2) is 0 Å². The van der Waals surface area contributed by atoms with Crippen molar-refractivity contribution in [2.75, 3.05) is 0 Å². The standard InChI is InChI=1S/C9H7BrF2N2/c1-5-2-6(9(11)12)7(3-10)8(4-13)14-5/h2,9H,3H2,1H3. The lowest BCUT2D eigenvalue weighted by Gasteiger charge is -2.08. The third kappa shape index (κ3) is 2.07. The summed E-state index contributed by atoms with van der Waals surface area (Å²) < 4.78 is 25.1. The molecule has 1 aromatic heterocycles. The molecule has 1 aromatic rings. The van der Waals surface area contributed by atoms with Crippen LogP contribution in [-0.2, 0) is 5.33 Å². The predicted octanol–water partition coefficient (Wildman–Crippen LogP) is 3.09. The maximum atomic E-state index is 12.6. The number of nitriles is 1. The number of rotatable bonds is 2. The highest BCUT2D eigenvalue weighted by Crippen LogP contribution is 2.26. The molecule has 1 heterocycles. The van der Waals surface area contributed by atoms with E-state index in [-0.39, 0.29) is 22.2 Å². The number of aryl methyl sites for hydroxylation is 1. The Kier molecular flexibility index (Phi) is 3.53. The lowest BCUT2D eigenvalue weighted by atomic mass is 10.1. The van der Waals surface area contributed by atoms with Crippen LogP contribution >= 0.6 is 15.9 Å². The average molecular weight is 261 g/mol. The second kappa shape index (κ2) is 4.47. The first-order valence-corrected chi connectivity index (χ1v) is 4.97. The number of aromatic nitrogens is 1. The molecule has 0 bridgehead atoms. The normalized spacial score (nSPS) is 10.3. The molecule has 0 aliphatic rings. The third-order valence-corrected chi connectivity index (χ3v) is 2.32. The second-order valence-corrected chi connectivity index (χ2v) is 3.29. The molecule has 14 heavy (non-hydrogen) atoms. The topological polar surface area (TPSA) is 36.7 Å². The van der Waals surface area contributed by atoms with Crippen LogP contribution in [-0.4, -0.2) is 4.98 Å². The number of pyridine rings is 1. The van der Waals surface area contributed by atoms with Gasteiger partial charge in [0, 0.05) is 22.2 Å². The molecule has 0 saturated carbocycles. The summed E-state index contributed by atoms with van der Waals surface area (Å²) in [7, 11) is 0. The molecule has 74 valence electrons. The van der Waals surface area contributed by atoms with Crippen molar-refractivity contribution in [3.8, 4) is 6.07 Å². The van der Waals surface area contributed by atoms with E-state index in [1.807, 2.05) is 6.07 Å². The summed E-state index contributed by atoms with van der Waals surface area (Å²) in [6, 6.07) is 3.12. The van der Waals surface area contributed by atoms with E-state index in [0.717, 1.165) is 0 Å². The molecule has 0 unspecified atom stereocenters. The van der Waals surface area contributed by atoms with E-state index in [0.29, 0.717) is 5.69 Å². The Bertz CT molecular complexity index is 385. The van der Waals surface area contributed by atoms with Crippen LogP contribution in [0.5, 0.6) is 0 Å². The molecule has 0 radical (unpaired) electrons. The van der Waals surface area contributed by atoms with Gasteiger partial charge in [-0.1, -0.05) is 15.9 Å². The van der Waals surface area contributed by atoms with Gasteiger partial charge < -0.3 is 0 Å². The van der Waals surface area contributed by atoms with Gasteiger partial charge in [0.25, 0.3) is 6.43 Å². The van der Waals surface area contributed by atoms with Crippen LogP contribution in [0, 0.1) is 18.3 Å². The minimum absolute atomic E-state index is 0.0668. The largest absolute Gasteiger partial charge is 0.264 e. The van der Waals surface area contributed by atoms with E-state index in [1.54, 1.807) is 6.92 Å². The van der Waals surface area contributed by atoms with Gasteiger partial charge in [0.1, 0.15) is 11.8 Å². The summed E-state index contributed by atoms with van der Waals surface area (Å²) in [5.74, 6) is 0. The fourth-order valence-corrected chi connectivity index (χ4v) is 1.74. The van der Waals surface area contributed by atoms with Crippen molar-refractivity contribution in [3.63, 3.8) is 0 Å². The first-order valence-electron chi connectivity index (χ1n) is 3.84. The maximum Gasteiger partial charge on any atom is 0.264 e. The van der Waals surface area contributed by atoms with Crippen LogP contribution in [0.3, 0.4) is 0 Å². The highest BCUT2D eigenvalue weighted by atomic mass is 79.9. The number of nitrogens with zero attached hydrogens (tertiary/aromatic N) is 2. The van der Waals surface area contributed by atoms with Crippen LogP contribution in [0.25, 0.3) is 0 Å². The van der Waals surface area contributed by atoms with Gasteiger partial charge in [0.05, 0.1) is 0 Å². The lowest BCUT2D eigenvalue weighted by molar-refractivity contribution is 0.150. The summed E-state index contributed by atoms with van der Waals surface area (Å²) in [4.78, 5) is 3.88. The summed E-state index contributed by atoms with van der Waals surface area (Å²) in [5, 5.41) is 8.91. The van der Waals surface area contributed by atoms with Crippen molar-refractivity contribution in [1.82, 2.24) is 4.98 Å². The van der Waals surface area contributed by atoms with E-state index < -0.39 is 6.43 Å². The quantitative estimate of drug-likeness (QED) is 0.767. The van der Waals surface area contributed by atoms with Crippen LogP contribution in [0.4, 0.5) is 8.78 Å². The molecule has 0 aromatic carbocycles. The molecule has 0 atom stereocenters. The molecular formula is C9H7BrF2N2. The van der Waals surface area contributed by atoms with Crippen LogP contribution < -0.4 is 0 Å². The SMILES string of the molecule is Cc1cc(C(F)F)c(CBr)c(C#N)n1. The number of hydrogen-bond donors (Lipinski definition) is 0. The van der Waals surface area contributed by atoms with Gasteiger partial charge in [0.2, 0.25) is 0 Å². The Hall–Kier alpha value is -1.02. The van der Waals surface area contributed by atoms with Crippen LogP contribution in [0.1, 0.15) is 28.9 Å². The van der Waals surface area contributed by atoms with Gasteiger partial charge in [-0.05, 0) is 13.0 Å². The molecule has 0 N–H and O–H groups in total. The fourth-order valence-electron chi connectivity index (χ4n) is 1.15. The molecule has 2 nitrogen and oxygen atoms in total. The van der Waals surface area contributed by atoms with Crippen LogP contribution in [0.2, 0.25) is 0 Å². The Labute approximate surface area is 88.7 Å². The lowest BCUT2D eigenvalue weighted by Crippen LogP contribution is -2.01. The van der Waals surface area contributed by atoms with E-state index in [4.69, 9.17) is 5.26 Å². The first kappa shape index (κ1) is 11.1. The fraction of sp³-hybridized carbons (Fsp3) is 0.333. The Morgan fingerprint density at radius 1 is 1.64 bits per heavy atom. The van der Waals surface area contributed by atoms with Crippen molar-refractivity contribution in [3.05, 3.63) is 28.6 Å². The van der Waals surface area contributed by atoms with E-state index >= 15 is 0 Å². The summed E-state index contributed by atoms with van der Waals surface area (Å²) in [6.07, 6.45) is -2.57. The van der Waals surface area contributed by atoms with Crippen molar-refractivity contribution in [1.29, 1.82) is 5.26 Å². The third-order valence-electron chi connectivity index (χ3n) is 1.76. The van der Waals surface area contributed by atoms with E-state index in [2.05, 4.69) is 20.9 Å². The van der Waals surface area contributed by atoms with Gasteiger partial charge >= 0.3 is 0 Å². The number of hydrogen-bond acceptors (Lipinski definition) is 2. The Balaban J connectivity index is 3.41. The minimum Gasteiger partial charge on any atom is -0.242 e. The van der Waals surface area contributed by atoms with Gasteiger partial charge in [-0.15, -0.1) is 0 Å². The molecule has 1 rings (SSSR count). The Morgan fingerprint density at radius 3 is 2.71 bits per heavy atom. The zero-order chi connectivity index (χ0) is 10.7. The smallest absolute Gasteiger partial charge is 0.242 e. The molecular weight excluding hydrogens is 254 g/mol. The number of alkyl halides is 3. The predicted molar refractivity (Wildman–Crippen MR) is 51.3 cm³/mol. The zero-order valence-electron chi connectivity index (χ0n) is 7.39. The zero-order valence-corrected chi connectivity index (χ0v) is 8.98. The van der Waals surface area contributed by atoms with Gasteiger partial charge in [-0.2, -0.15) is 5.26 Å². The van der Waals surface area contributed by atoms with Crippen molar-refractivity contribution < 1.29 is 8.78 Å². The maximum absolute atomic E-state index is 12.6. The Morgan fingerprint density at radius 2 is 2.29 bits per heavy atom. The molecule has 0 fully saturated rings. The molecule has 0 spiro atoms.